The zero-order valence-electron chi connectivity index (χ0n) is 25.7. The molecule has 2 aromatic carbocycles. The number of ether oxygens (including phenoxy) is 1. The third-order valence-electron chi connectivity index (χ3n) is 10.7. The van der Waals surface area contributed by atoms with Crippen molar-refractivity contribution in [2.75, 3.05) is 55.8 Å². The van der Waals surface area contributed by atoms with Gasteiger partial charge in [-0.05, 0) is 49.9 Å². The van der Waals surface area contributed by atoms with E-state index in [1.807, 2.05) is 11.0 Å². The average Bonchev–Trinajstić information content (AvgIpc) is 3.82. The summed E-state index contributed by atoms with van der Waals surface area (Å²) in [6.07, 6.45) is 2.55. The zero-order valence-corrected chi connectivity index (χ0v) is 28.0. The number of alkyl halides is 2. The summed E-state index contributed by atoms with van der Waals surface area (Å²) in [5.74, 6) is -1.25. The number of thiophene rings is 1. The molecule has 0 aliphatic carbocycles. The van der Waals surface area contributed by atoms with Crippen molar-refractivity contribution in [3.05, 3.63) is 40.4 Å². The molecule has 4 aliphatic rings. The van der Waals surface area contributed by atoms with Gasteiger partial charge in [-0.2, -0.15) is 15.2 Å². The molecule has 250 valence electrons. The summed E-state index contributed by atoms with van der Waals surface area (Å²) < 4.78 is 52.8. The van der Waals surface area contributed by atoms with Gasteiger partial charge in [0.25, 0.3) is 0 Å². The van der Waals surface area contributed by atoms with Crippen LogP contribution in [-0.2, 0) is 4.79 Å². The quantitative estimate of drug-likeness (QED) is 0.233. The van der Waals surface area contributed by atoms with Gasteiger partial charge in [-0.1, -0.05) is 17.7 Å². The minimum atomic E-state index is -0.956. The summed E-state index contributed by atoms with van der Waals surface area (Å²) in [4.78, 5) is 27.8. The first-order valence-corrected chi connectivity index (χ1v) is 17.5. The third-order valence-corrected chi connectivity index (χ3v) is 12.2. The number of hydrogen-bond donors (Lipinski definition) is 1. The number of nitriles is 1. The number of amides is 1. The molecule has 8 rings (SSSR count). The molecule has 4 saturated heterocycles. The van der Waals surface area contributed by atoms with Crippen LogP contribution in [0.3, 0.4) is 0 Å². The summed E-state index contributed by atoms with van der Waals surface area (Å²) >= 11 is 13.7. The van der Waals surface area contributed by atoms with Crippen molar-refractivity contribution in [2.45, 2.75) is 49.4 Å². The van der Waals surface area contributed by atoms with E-state index in [9.17, 15) is 18.8 Å². The standard InChI is InChI=1S/C33H30Cl2F3N7O2S/c34-12-23(46)45-9-6-32(45)5-8-43(15-32)30-19-10-21(35)25(18-2-3-22(37)28-24(18)20(13-39)29(40)48-28)26(38)27(19)41-31(42-30)47-16-33-4-1-7-44(33)14-17(36)11-33/h2-3,10,17H,1,4-9,11-12,14-16,40H2/t17-,32?,33+/m1/s1. The molecule has 9 nitrogen and oxygen atoms in total. The van der Waals surface area contributed by atoms with Gasteiger partial charge in [0.15, 0.2) is 5.82 Å². The molecule has 1 amide bonds. The number of hydrogen-bond acceptors (Lipinski definition) is 9. The zero-order chi connectivity index (χ0) is 33.5. The van der Waals surface area contributed by atoms with E-state index in [4.69, 9.17) is 38.7 Å². The summed E-state index contributed by atoms with van der Waals surface area (Å²) in [6, 6.07) is 6.09. The minimum Gasteiger partial charge on any atom is -0.461 e. The van der Waals surface area contributed by atoms with Crippen molar-refractivity contribution >= 4 is 72.3 Å². The van der Waals surface area contributed by atoms with Gasteiger partial charge in [-0.25, -0.2) is 13.2 Å². The van der Waals surface area contributed by atoms with E-state index >= 15 is 4.39 Å². The largest absolute Gasteiger partial charge is 0.461 e. The van der Waals surface area contributed by atoms with Crippen LogP contribution in [0.2, 0.25) is 5.02 Å². The summed E-state index contributed by atoms with van der Waals surface area (Å²) in [7, 11) is 0. The van der Waals surface area contributed by atoms with Crippen LogP contribution in [0.5, 0.6) is 6.01 Å². The Kier molecular flexibility index (Phi) is 7.60. The van der Waals surface area contributed by atoms with Crippen LogP contribution in [0, 0.1) is 23.0 Å². The van der Waals surface area contributed by atoms with Gasteiger partial charge >= 0.3 is 6.01 Å². The molecule has 0 radical (unpaired) electrons. The average molecular weight is 717 g/mol. The second-order valence-corrected chi connectivity index (χ2v) is 14.9. The van der Waals surface area contributed by atoms with Gasteiger partial charge < -0.3 is 20.3 Å². The van der Waals surface area contributed by atoms with Crippen LogP contribution < -0.4 is 15.4 Å². The summed E-state index contributed by atoms with van der Waals surface area (Å²) in [5.41, 5.74) is 5.26. The van der Waals surface area contributed by atoms with Crippen LogP contribution >= 0.6 is 34.5 Å². The lowest BCUT2D eigenvalue weighted by Gasteiger charge is -2.50. The first kappa shape index (κ1) is 31.7. The van der Waals surface area contributed by atoms with E-state index in [0.717, 1.165) is 37.1 Å². The van der Waals surface area contributed by atoms with Crippen LogP contribution in [0.4, 0.5) is 24.0 Å². The van der Waals surface area contributed by atoms with E-state index in [1.54, 1.807) is 11.0 Å². The van der Waals surface area contributed by atoms with Crippen molar-refractivity contribution in [1.82, 2.24) is 19.8 Å². The van der Waals surface area contributed by atoms with Crippen molar-refractivity contribution in [3.8, 4) is 23.2 Å². The Morgan fingerprint density at radius 1 is 1.21 bits per heavy atom. The van der Waals surface area contributed by atoms with Crippen LogP contribution in [-0.4, -0.2) is 88.1 Å². The maximum absolute atomic E-state index is 17.0. The molecule has 0 saturated carbocycles. The Bertz CT molecular complexity index is 2060. The Morgan fingerprint density at radius 3 is 2.77 bits per heavy atom. The van der Waals surface area contributed by atoms with Crippen molar-refractivity contribution in [2.24, 2.45) is 0 Å². The number of likely N-dealkylation sites (tertiary alicyclic amines) is 1. The molecule has 4 fully saturated rings. The molecule has 15 heteroatoms. The van der Waals surface area contributed by atoms with Gasteiger partial charge in [-0.15, -0.1) is 22.9 Å². The number of nitrogen functional groups attached to an aromatic ring is 1. The molecular weight excluding hydrogens is 686 g/mol. The monoisotopic (exact) mass is 715 g/mol. The van der Waals surface area contributed by atoms with E-state index in [1.165, 1.54) is 12.1 Å². The van der Waals surface area contributed by atoms with Gasteiger partial charge in [0.2, 0.25) is 5.91 Å². The fourth-order valence-corrected chi connectivity index (χ4v) is 9.72. The maximum atomic E-state index is 17.0. The van der Waals surface area contributed by atoms with E-state index in [0.29, 0.717) is 50.2 Å². The predicted octanol–water partition coefficient (Wildman–Crippen LogP) is 6.27. The summed E-state index contributed by atoms with van der Waals surface area (Å²) in [5, 5.41) is 10.5. The lowest BCUT2D eigenvalue weighted by atomic mass is 9.83. The molecule has 4 aliphatic heterocycles. The predicted molar refractivity (Wildman–Crippen MR) is 180 cm³/mol. The van der Waals surface area contributed by atoms with Gasteiger partial charge in [-0.3, -0.25) is 9.69 Å². The molecule has 6 heterocycles. The number of benzene rings is 2. The minimum absolute atomic E-state index is 0.0111. The fourth-order valence-electron chi connectivity index (χ4n) is 8.33. The first-order valence-electron chi connectivity index (χ1n) is 15.8. The van der Waals surface area contributed by atoms with Crippen LogP contribution in [0.15, 0.2) is 18.2 Å². The number of nitrogens with zero attached hydrogens (tertiary/aromatic N) is 6. The number of rotatable bonds is 6. The molecule has 3 atom stereocenters. The molecule has 0 bridgehead atoms. The molecule has 1 spiro atoms. The highest BCUT2D eigenvalue weighted by molar-refractivity contribution is 7.23. The Hall–Kier alpha value is -3.57. The van der Waals surface area contributed by atoms with Crippen LogP contribution in [0.25, 0.3) is 32.1 Å². The Morgan fingerprint density at radius 2 is 2.02 bits per heavy atom. The molecule has 4 aromatic rings. The number of halogens is 5. The number of anilines is 2. The smallest absolute Gasteiger partial charge is 0.319 e. The lowest BCUT2D eigenvalue weighted by molar-refractivity contribution is -0.142. The van der Waals surface area contributed by atoms with Crippen LogP contribution in [0.1, 0.15) is 37.7 Å². The first-order chi connectivity index (χ1) is 23.1. The molecular formula is C33H30Cl2F3N7O2S. The molecule has 2 aromatic heterocycles. The topological polar surface area (TPSA) is 112 Å². The normalized spacial score (nSPS) is 25.3. The number of carbonyl (C=O) groups excluding carboxylic acids is 1. The van der Waals surface area contributed by atoms with E-state index in [-0.39, 0.29) is 66.7 Å². The Labute approximate surface area is 288 Å². The highest BCUT2D eigenvalue weighted by atomic mass is 35.5. The third kappa shape index (κ3) is 4.70. The second-order valence-electron chi connectivity index (χ2n) is 13.2. The van der Waals surface area contributed by atoms with E-state index in [2.05, 4.69) is 9.88 Å². The summed E-state index contributed by atoms with van der Waals surface area (Å²) in [6.45, 7) is 2.85. The van der Waals surface area contributed by atoms with Crippen molar-refractivity contribution < 1.29 is 22.7 Å². The van der Waals surface area contributed by atoms with Crippen molar-refractivity contribution in [3.63, 3.8) is 0 Å². The number of nitrogens with two attached hydrogens (primary N) is 1. The van der Waals surface area contributed by atoms with E-state index < -0.39 is 28.9 Å². The number of aromatic nitrogens is 2. The SMILES string of the molecule is N#Cc1c(N)sc2c(F)ccc(-c3c(Cl)cc4c(N5CCC6(CCN6C(=O)CCl)C5)nc(OC[C@@]56CCCN5C[C@H](F)C6)nc4c3F)c12. The lowest BCUT2D eigenvalue weighted by Crippen LogP contribution is -2.63. The maximum Gasteiger partial charge on any atom is 0.319 e. The molecule has 48 heavy (non-hydrogen) atoms. The van der Waals surface area contributed by atoms with Crippen molar-refractivity contribution in [1.29, 1.82) is 5.26 Å². The van der Waals surface area contributed by atoms with Gasteiger partial charge in [0.1, 0.15) is 46.9 Å². The Balaban J connectivity index is 1.27. The highest BCUT2D eigenvalue weighted by Gasteiger charge is 2.52. The number of fused-ring (bicyclic) bond motifs is 3. The molecule has 2 N–H and O–H groups in total. The van der Waals surface area contributed by atoms with Gasteiger partial charge in [0, 0.05) is 48.9 Å². The second kappa shape index (κ2) is 11.5. The highest BCUT2D eigenvalue weighted by Crippen LogP contribution is 2.47. The number of carbonyl (C=O) groups is 1. The molecule has 1 unspecified atom stereocenters. The van der Waals surface area contributed by atoms with Gasteiger partial charge in [0.05, 0.1) is 26.4 Å². The fraction of sp³-hybridized carbons (Fsp3) is 0.455.